The van der Waals surface area contributed by atoms with Crippen LogP contribution in [0.1, 0.15) is 94.1 Å². The second kappa shape index (κ2) is 30.9. The molecule has 1 aromatic heterocycles. The van der Waals surface area contributed by atoms with Crippen molar-refractivity contribution in [3.05, 3.63) is 93.7 Å². The number of hydrogen-bond donors (Lipinski definition) is 15. The van der Waals surface area contributed by atoms with E-state index >= 15 is 0 Å². The van der Waals surface area contributed by atoms with Crippen molar-refractivity contribution < 1.29 is 81.3 Å². The van der Waals surface area contributed by atoms with E-state index in [2.05, 4.69) is 68.5 Å². The van der Waals surface area contributed by atoms with Crippen molar-refractivity contribution >= 4 is 76.0 Å². The molecule has 0 fully saturated rings. The quantitative estimate of drug-likeness (QED) is 0.0198. The fourth-order valence-corrected chi connectivity index (χ4v) is 8.69. The molecule has 15 N–H and O–H groups in total. The SMILES string of the molecule is CNC(=O)[C@@H](Cc1cnc[nH]1)NC(=O)[C@H](NC(=O)[C@@H](C)NC(=O)[C@@H](C)NC(=O)[C@@H](C)NC(=O)[C@@H](CCCCNC(=O)c1ccc(-c2c3cc(F)c(=O)cc-3oc3cc(O)c(F)cc23)c(C(=O)O)c1)NC(=O)[C@@H](C)NC(=O)[C@@H](C)NC(=O)[C@@H](C)NC)[C@H](C)O. The van der Waals surface area contributed by atoms with Crippen molar-refractivity contribution in [3.8, 4) is 28.2 Å². The average molecular weight is 1230 g/mol. The number of aromatic nitrogens is 2. The molecule has 0 spiro atoms. The maximum Gasteiger partial charge on any atom is 0.336 e. The molecule has 10 amide bonds. The Morgan fingerprint density at radius 1 is 0.614 bits per heavy atom. The molecule has 2 aliphatic rings. The van der Waals surface area contributed by atoms with Crippen LogP contribution in [0.5, 0.6) is 5.75 Å². The third-order valence-electron chi connectivity index (χ3n) is 14.0. The molecule has 2 heterocycles. The highest BCUT2D eigenvalue weighted by Gasteiger charge is 2.34. The number of phenols is 1. The second-order valence-electron chi connectivity index (χ2n) is 20.8. The summed E-state index contributed by atoms with van der Waals surface area (Å²) in [7, 11) is 2.89. The zero-order valence-electron chi connectivity index (χ0n) is 49.4. The van der Waals surface area contributed by atoms with Gasteiger partial charge in [0.05, 0.1) is 24.0 Å². The van der Waals surface area contributed by atoms with Crippen molar-refractivity contribution in [2.45, 2.75) is 135 Å². The predicted octanol–water partition coefficient (Wildman–Crippen LogP) is -1.17. The van der Waals surface area contributed by atoms with E-state index in [1.54, 1.807) is 6.92 Å². The van der Waals surface area contributed by atoms with Gasteiger partial charge in [0.1, 0.15) is 59.7 Å². The lowest BCUT2D eigenvalue weighted by atomic mass is 9.89. The van der Waals surface area contributed by atoms with Crippen LogP contribution in [-0.4, -0.2) is 171 Å². The van der Waals surface area contributed by atoms with E-state index in [9.17, 15) is 81.6 Å². The van der Waals surface area contributed by atoms with Crippen LogP contribution in [0.2, 0.25) is 0 Å². The summed E-state index contributed by atoms with van der Waals surface area (Å²) in [5.74, 6) is -13.0. The maximum absolute atomic E-state index is 14.8. The number of aliphatic hydroxyl groups is 1. The Kier molecular flexibility index (Phi) is 24.2. The van der Waals surface area contributed by atoms with Gasteiger partial charge in [-0.1, -0.05) is 6.07 Å². The van der Waals surface area contributed by atoms with Crippen LogP contribution in [0.3, 0.4) is 0 Å². The van der Waals surface area contributed by atoms with Gasteiger partial charge in [0, 0.05) is 66.1 Å². The number of aromatic hydroxyl groups is 1. The number of unbranched alkanes of at least 4 members (excludes halogenated alkanes) is 1. The van der Waals surface area contributed by atoms with Crippen LogP contribution in [0.4, 0.5) is 8.78 Å². The second-order valence-corrected chi connectivity index (χ2v) is 20.8. The molecule has 31 heteroatoms. The van der Waals surface area contributed by atoms with Gasteiger partial charge in [0.25, 0.3) is 5.91 Å². The number of imidazole rings is 1. The Hall–Kier alpha value is -9.91. The topological polar surface area (TPSA) is 440 Å². The molecule has 1 aliphatic carbocycles. The van der Waals surface area contributed by atoms with Crippen molar-refractivity contribution in [3.63, 3.8) is 0 Å². The summed E-state index contributed by atoms with van der Waals surface area (Å²) >= 11 is 0. The zero-order chi connectivity index (χ0) is 65.4. The fraction of sp³-hybridized carbons (Fsp3) is 0.421. The van der Waals surface area contributed by atoms with Crippen LogP contribution < -0.4 is 63.9 Å². The van der Waals surface area contributed by atoms with Crippen molar-refractivity contribution in [2.75, 3.05) is 20.6 Å². The Morgan fingerprint density at radius 3 is 1.69 bits per heavy atom. The summed E-state index contributed by atoms with van der Waals surface area (Å²) in [6.45, 7) is 9.16. The zero-order valence-corrected chi connectivity index (χ0v) is 49.4. The minimum absolute atomic E-state index is 0.0118. The number of rotatable bonds is 29. The van der Waals surface area contributed by atoms with Crippen molar-refractivity contribution in [2.24, 2.45) is 0 Å². The first-order valence-corrected chi connectivity index (χ1v) is 27.7. The number of likely N-dealkylation sites (N-methyl/N-ethyl adjacent to an activating group) is 2. The molecular weight excluding hydrogens is 1160 g/mol. The van der Waals surface area contributed by atoms with E-state index in [4.69, 9.17) is 4.42 Å². The lowest BCUT2D eigenvalue weighted by Gasteiger charge is -2.26. The number of carbonyl (C=O) groups excluding carboxylic acids is 10. The number of nitrogens with one attached hydrogen (secondary N) is 12. The molecule has 5 rings (SSSR count). The number of carbonyl (C=O) groups is 11. The minimum Gasteiger partial charge on any atom is -0.505 e. The third kappa shape index (κ3) is 18.1. The van der Waals surface area contributed by atoms with Crippen LogP contribution >= 0.6 is 0 Å². The maximum atomic E-state index is 14.8. The van der Waals surface area contributed by atoms with E-state index < -0.39 is 154 Å². The molecule has 0 radical (unpaired) electrons. The summed E-state index contributed by atoms with van der Waals surface area (Å²) in [6, 6.07) is -4.47. The largest absolute Gasteiger partial charge is 0.505 e. The van der Waals surface area contributed by atoms with Gasteiger partial charge in [-0.3, -0.25) is 52.7 Å². The number of benzene rings is 3. The number of phenolic OH excluding ortho intramolecular Hbond substituents is 1. The molecule has 0 bridgehead atoms. The lowest BCUT2D eigenvalue weighted by molar-refractivity contribution is -0.136. The Labute approximate surface area is 501 Å². The number of H-pyrrole nitrogens is 1. The number of carboxylic acids is 1. The molecule has 88 heavy (non-hydrogen) atoms. The van der Waals surface area contributed by atoms with Crippen LogP contribution in [0.15, 0.2) is 64.2 Å². The first-order chi connectivity index (χ1) is 41.5. The average Bonchev–Trinajstić information content (AvgIpc) is 0.811. The van der Waals surface area contributed by atoms with Crippen LogP contribution in [0.25, 0.3) is 33.4 Å². The van der Waals surface area contributed by atoms with Crippen LogP contribution in [0, 0.1) is 11.6 Å². The van der Waals surface area contributed by atoms with Crippen LogP contribution in [-0.2, 0) is 49.6 Å². The molecule has 10 atom stereocenters. The summed E-state index contributed by atoms with van der Waals surface area (Å²) < 4.78 is 35.2. The summed E-state index contributed by atoms with van der Waals surface area (Å²) in [5.41, 5.74) is -1.76. The van der Waals surface area contributed by atoms with E-state index in [0.29, 0.717) is 5.69 Å². The summed E-state index contributed by atoms with van der Waals surface area (Å²) in [4.78, 5) is 164. The van der Waals surface area contributed by atoms with Gasteiger partial charge in [-0.25, -0.2) is 18.6 Å². The lowest BCUT2D eigenvalue weighted by Crippen LogP contribution is -2.60. The molecule has 29 nitrogen and oxygen atoms in total. The van der Waals surface area contributed by atoms with Gasteiger partial charge in [-0.05, 0) is 105 Å². The number of carboxylic acid groups (broad SMARTS) is 1. The van der Waals surface area contributed by atoms with E-state index in [0.717, 1.165) is 30.3 Å². The smallest absolute Gasteiger partial charge is 0.336 e. The van der Waals surface area contributed by atoms with Crippen molar-refractivity contribution in [1.29, 1.82) is 0 Å². The highest BCUT2D eigenvalue weighted by atomic mass is 19.1. The number of aromatic amines is 1. The molecule has 3 aromatic rings. The molecular formula is C57H71F2N13O16. The van der Waals surface area contributed by atoms with Gasteiger partial charge in [0.2, 0.25) is 58.6 Å². The minimum atomic E-state index is -1.59. The van der Waals surface area contributed by atoms with E-state index in [1.165, 1.54) is 80.3 Å². The first kappa shape index (κ1) is 68.9. The number of hydrogen-bond acceptors (Lipinski definition) is 17. The molecule has 0 saturated heterocycles. The van der Waals surface area contributed by atoms with Gasteiger partial charge < -0.3 is 83.2 Å². The molecule has 2 aromatic carbocycles. The molecule has 1 aliphatic heterocycles. The number of amides is 10. The van der Waals surface area contributed by atoms with Gasteiger partial charge >= 0.3 is 5.97 Å². The molecule has 0 saturated carbocycles. The molecule has 474 valence electrons. The summed E-state index contributed by atoms with van der Waals surface area (Å²) in [6.07, 6.45) is 1.39. The Morgan fingerprint density at radius 2 is 1.16 bits per heavy atom. The Balaban J connectivity index is 1.24. The fourth-order valence-electron chi connectivity index (χ4n) is 8.69. The summed E-state index contributed by atoms with van der Waals surface area (Å²) in [5, 5.41) is 58.1. The van der Waals surface area contributed by atoms with Crippen molar-refractivity contribution in [1.82, 2.24) is 68.5 Å². The number of nitrogens with zero attached hydrogens (tertiary/aromatic N) is 1. The van der Waals surface area contributed by atoms with Gasteiger partial charge in [0.15, 0.2) is 17.4 Å². The monoisotopic (exact) mass is 1230 g/mol. The third-order valence-corrected chi connectivity index (χ3v) is 14.0. The standard InChI is InChI=1S/C57H71F2N13O16/c1-24(60-8)47(76)65-25(2)48(77)67-28(5)51(80)70-39(55(84)69-27(4)50(79)66-26(3)49(78)68-29(6)52(81)72-46(30(7)73)56(85)71-40(54(83)61-9)17-32-22-62-23-64-32)12-10-11-15-63-53(82)31-13-14-33(34(16-31)57(86)87)45-35-18-37(58)41(74)20-43(35)88-44-21-42(75)38(59)19-36(44)45/h13-14,16,18-30,39-40,46,60,73-74H,10-12,15,17H2,1-9H3,(H,61,83)(H,62,64)(H,63,82)(H,65,76)(H,66,79)(H,67,77)(H,68,78)(H,69,84)(H,70,80)(H,71,85)(H,72,81)(H,86,87)/t24-,25-,26-,27-,28-,29-,30+,39-,40-,46-/m1/s1. The van der Waals surface area contributed by atoms with E-state index in [1.807, 2.05) is 0 Å². The van der Waals surface area contributed by atoms with Gasteiger partial charge in [-0.15, -0.1) is 0 Å². The van der Waals surface area contributed by atoms with E-state index in [-0.39, 0.29) is 71.2 Å². The van der Waals surface area contributed by atoms with Gasteiger partial charge in [-0.2, -0.15) is 0 Å². The first-order valence-electron chi connectivity index (χ1n) is 27.7. The number of aromatic carboxylic acids is 1. The highest BCUT2D eigenvalue weighted by molar-refractivity contribution is 6.09. The predicted molar refractivity (Wildman–Crippen MR) is 310 cm³/mol. The Bertz CT molecular complexity index is 3470. The number of halogens is 2. The number of fused-ring (bicyclic) bond motifs is 2. The normalized spacial score (nSPS) is 14.6. The number of aliphatic hydroxyl groups excluding tert-OH is 1. The molecule has 0 unspecified atom stereocenters. The highest BCUT2D eigenvalue weighted by Crippen LogP contribution is 2.43.